The summed E-state index contributed by atoms with van der Waals surface area (Å²) < 4.78 is 25.0. The number of Topliss-reactive ketones (excluding diaryl/α,β-unsaturated/α-hetero) is 1. The molecule has 0 heterocycles. The molecule has 0 radical (unpaired) electrons. The van der Waals surface area contributed by atoms with Gasteiger partial charge >= 0.3 is 0 Å². The van der Waals surface area contributed by atoms with Crippen LogP contribution in [0.2, 0.25) is 18.1 Å². The van der Waals surface area contributed by atoms with E-state index in [2.05, 4.69) is 62.5 Å². The molecule has 1 rings (SSSR count). The van der Waals surface area contributed by atoms with Crippen LogP contribution in [0.1, 0.15) is 53.5 Å². The van der Waals surface area contributed by atoms with Gasteiger partial charge in [0.05, 0.1) is 39.6 Å². The van der Waals surface area contributed by atoms with Gasteiger partial charge in [0.25, 0.3) is 0 Å². The van der Waals surface area contributed by atoms with Crippen molar-refractivity contribution in [1.29, 1.82) is 0 Å². The van der Waals surface area contributed by atoms with Gasteiger partial charge < -0.3 is 23.7 Å². The fourth-order valence-electron chi connectivity index (χ4n) is 3.78. The Hall–Kier alpha value is -1.46. The number of methoxy groups -OCH3 is 2. The van der Waals surface area contributed by atoms with E-state index in [1.54, 1.807) is 27.2 Å². The Balaban J connectivity index is 2.78. The highest BCUT2D eigenvalue weighted by atomic mass is 127. The number of carbonyl (C=O) groups excluding carboxylic acids is 1. The van der Waals surface area contributed by atoms with Crippen LogP contribution in [0, 0.1) is 11.8 Å². The van der Waals surface area contributed by atoms with Crippen molar-refractivity contribution >= 4 is 36.7 Å². The Morgan fingerprint density at radius 3 is 2.31 bits per heavy atom. The van der Waals surface area contributed by atoms with E-state index < -0.39 is 20.3 Å². The van der Waals surface area contributed by atoms with Crippen LogP contribution in [0.5, 0.6) is 11.5 Å². The minimum atomic E-state index is -1.99. The number of ketones is 1. The van der Waals surface area contributed by atoms with Gasteiger partial charge in [-0.05, 0) is 53.3 Å². The zero-order chi connectivity index (χ0) is 29.8. The summed E-state index contributed by atoms with van der Waals surface area (Å²) in [5.74, 6) is 0.371. The van der Waals surface area contributed by atoms with Gasteiger partial charge in [-0.2, -0.15) is 0 Å². The first-order chi connectivity index (χ1) is 18.2. The van der Waals surface area contributed by atoms with E-state index in [0.717, 1.165) is 11.1 Å². The Morgan fingerprint density at radius 2 is 1.74 bits per heavy atom. The molecule has 0 aliphatic rings. The summed E-state index contributed by atoms with van der Waals surface area (Å²) in [5, 5.41) is 11.0. The lowest BCUT2D eigenvalue weighted by atomic mass is 9.90. The fraction of sp³-hybridized carbons (Fsp3) is 0.581. The molecule has 0 aromatic heterocycles. The standard InChI is InChI=1S/C31H49IO6Si/c1-22(17-26(13-11-12-16-32)38-39(9,10)31(4,5)6)18-27(33)24(3)30(34)23(2)20-37-21-25-14-15-28(35-7)29(19-25)36-8/h11-16,18-19,23-24,26-27,33H,17,20-21H2,1-10H3/b13-11+,16-12+,22-18+/t23-,24-,26+,27-/m1/s1. The van der Waals surface area contributed by atoms with Crippen molar-refractivity contribution in [2.24, 2.45) is 11.8 Å². The quantitative estimate of drug-likeness (QED) is 0.0842. The van der Waals surface area contributed by atoms with Crippen molar-refractivity contribution in [3.8, 4) is 11.5 Å². The molecule has 220 valence electrons. The number of aliphatic hydroxyl groups excluding tert-OH is 1. The van der Waals surface area contributed by atoms with Crippen molar-refractivity contribution < 1.29 is 28.5 Å². The first-order valence-electron chi connectivity index (χ1n) is 13.5. The van der Waals surface area contributed by atoms with E-state index in [-0.39, 0.29) is 29.5 Å². The number of ether oxygens (including phenoxy) is 3. The second kappa shape index (κ2) is 16.7. The fourth-order valence-corrected chi connectivity index (χ4v) is 5.29. The van der Waals surface area contributed by atoms with Crippen LogP contribution in [-0.4, -0.2) is 52.2 Å². The lowest BCUT2D eigenvalue weighted by Crippen LogP contribution is -2.43. The average molecular weight is 673 g/mol. The molecule has 0 amide bonds. The third kappa shape index (κ3) is 11.9. The predicted octanol–water partition coefficient (Wildman–Crippen LogP) is 7.65. The lowest BCUT2D eigenvalue weighted by molar-refractivity contribution is -0.130. The van der Waals surface area contributed by atoms with Gasteiger partial charge in [-0.25, -0.2) is 0 Å². The highest BCUT2D eigenvalue weighted by molar-refractivity contribution is 14.1. The topological polar surface area (TPSA) is 74.2 Å². The molecule has 6 nitrogen and oxygen atoms in total. The van der Waals surface area contributed by atoms with E-state index in [1.165, 1.54) is 0 Å². The molecular weight excluding hydrogens is 623 g/mol. The molecule has 0 unspecified atom stereocenters. The van der Waals surface area contributed by atoms with Crippen LogP contribution in [-0.2, 0) is 20.6 Å². The highest BCUT2D eigenvalue weighted by Gasteiger charge is 2.38. The van der Waals surface area contributed by atoms with E-state index in [9.17, 15) is 9.90 Å². The number of hydrogen-bond acceptors (Lipinski definition) is 6. The molecule has 4 atom stereocenters. The Morgan fingerprint density at radius 1 is 1.10 bits per heavy atom. The van der Waals surface area contributed by atoms with Crippen LogP contribution >= 0.6 is 22.6 Å². The minimum Gasteiger partial charge on any atom is -0.493 e. The zero-order valence-electron chi connectivity index (χ0n) is 25.4. The SMILES string of the molecule is COc1ccc(COC[C@@H](C)C(=O)[C@H](C)[C@H](O)/C=C(\C)C[C@H](/C=C/C=C/I)O[Si](C)(C)C(C)(C)C)cc1OC. The third-order valence-electron chi connectivity index (χ3n) is 7.27. The number of benzene rings is 1. The maximum atomic E-state index is 13.0. The average Bonchev–Trinajstić information content (AvgIpc) is 2.86. The molecule has 0 bridgehead atoms. The maximum Gasteiger partial charge on any atom is 0.192 e. The van der Waals surface area contributed by atoms with Gasteiger partial charge in [-0.15, -0.1) is 0 Å². The third-order valence-corrected chi connectivity index (χ3v) is 12.2. The van der Waals surface area contributed by atoms with E-state index >= 15 is 0 Å². The predicted molar refractivity (Wildman–Crippen MR) is 171 cm³/mol. The highest BCUT2D eigenvalue weighted by Crippen LogP contribution is 2.38. The summed E-state index contributed by atoms with van der Waals surface area (Å²) in [6, 6.07) is 5.60. The van der Waals surface area contributed by atoms with Gasteiger partial charge in [0, 0.05) is 11.8 Å². The van der Waals surface area contributed by atoms with Crippen LogP contribution in [0.4, 0.5) is 0 Å². The van der Waals surface area contributed by atoms with Crippen LogP contribution in [0.25, 0.3) is 0 Å². The van der Waals surface area contributed by atoms with Crippen LogP contribution in [0.3, 0.4) is 0 Å². The lowest BCUT2D eigenvalue weighted by Gasteiger charge is -2.38. The number of halogens is 1. The van der Waals surface area contributed by atoms with Gasteiger partial charge in [0.1, 0.15) is 5.78 Å². The van der Waals surface area contributed by atoms with Crippen molar-refractivity contribution in [2.75, 3.05) is 20.8 Å². The number of rotatable bonds is 16. The maximum absolute atomic E-state index is 13.0. The molecule has 0 saturated carbocycles. The number of hydrogen-bond donors (Lipinski definition) is 1. The summed E-state index contributed by atoms with van der Waals surface area (Å²) in [7, 11) is 1.20. The minimum absolute atomic E-state index is 0.0278. The molecule has 8 heteroatoms. The van der Waals surface area contributed by atoms with Gasteiger partial charge in [0.15, 0.2) is 19.8 Å². The van der Waals surface area contributed by atoms with E-state index in [4.69, 9.17) is 18.6 Å². The number of aliphatic hydroxyl groups is 1. The number of carbonyl (C=O) groups is 1. The van der Waals surface area contributed by atoms with Crippen LogP contribution < -0.4 is 9.47 Å². The van der Waals surface area contributed by atoms with Crippen LogP contribution in [0.15, 0.2) is 52.2 Å². The first kappa shape index (κ1) is 35.6. The molecule has 1 aromatic rings. The molecule has 0 spiro atoms. The summed E-state index contributed by atoms with van der Waals surface area (Å²) in [6.45, 7) is 17.4. The van der Waals surface area contributed by atoms with Crippen molar-refractivity contribution in [3.05, 3.63) is 57.7 Å². The van der Waals surface area contributed by atoms with Crippen molar-refractivity contribution in [2.45, 2.75) is 84.9 Å². The zero-order valence-corrected chi connectivity index (χ0v) is 28.6. The van der Waals surface area contributed by atoms with E-state index in [1.807, 2.05) is 48.3 Å². The molecule has 0 saturated heterocycles. The second-order valence-corrected chi connectivity index (χ2v) is 17.1. The van der Waals surface area contributed by atoms with E-state index in [0.29, 0.717) is 24.5 Å². The van der Waals surface area contributed by atoms with Gasteiger partial charge in [-0.1, -0.05) is 93.2 Å². The molecule has 0 aliphatic carbocycles. The summed E-state index contributed by atoms with van der Waals surface area (Å²) >= 11 is 2.19. The summed E-state index contributed by atoms with van der Waals surface area (Å²) in [4.78, 5) is 13.0. The molecule has 0 aliphatic heterocycles. The van der Waals surface area contributed by atoms with Crippen molar-refractivity contribution in [1.82, 2.24) is 0 Å². The summed E-state index contributed by atoms with van der Waals surface area (Å²) in [6.07, 6.45) is 7.53. The van der Waals surface area contributed by atoms with Gasteiger partial charge in [0.2, 0.25) is 0 Å². The summed E-state index contributed by atoms with van der Waals surface area (Å²) in [5.41, 5.74) is 1.92. The largest absolute Gasteiger partial charge is 0.493 e. The Bertz CT molecular complexity index is 995. The number of allylic oxidation sites excluding steroid dienone is 2. The smallest absolute Gasteiger partial charge is 0.192 e. The molecular formula is C31H49IO6Si. The van der Waals surface area contributed by atoms with Crippen molar-refractivity contribution in [3.63, 3.8) is 0 Å². The Labute approximate surface area is 251 Å². The van der Waals surface area contributed by atoms with Gasteiger partial charge in [-0.3, -0.25) is 4.79 Å². The molecule has 39 heavy (non-hydrogen) atoms. The molecule has 1 N–H and O–H groups in total. The molecule has 0 fully saturated rings. The Kier molecular flexibility index (Phi) is 15.2. The first-order valence-corrected chi connectivity index (χ1v) is 17.6. The second-order valence-electron chi connectivity index (χ2n) is 11.6. The molecule has 1 aromatic carbocycles. The normalized spacial score (nSPS) is 16.4. The monoisotopic (exact) mass is 672 g/mol.